The highest BCUT2D eigenvalue weighted by Gasteiger charge is 2.44. The molecule has 1 aliphatic rings. The summed E-state index contributed by atoms with van der Waals surface area (Å²) in [6.07, 6.45) is 3.03. The van der Waals surface area contributed by atoms with E-state index in [0.717, 1.165) is 11.1 Å². The summed E-state index contributed by atoms with van der Waals surface area (Å²) in [6, 6.07) is 15.6. The van der Waals surface area contributed by atoms with Crippen molar-refractivity contribution in [1.82, 2.24) is 9.88 Å². The van der Waals surface area contributed by atoms with Gasteiger partial charge in [-0.15, -0.1) is 0 Å². The maximum atomic E-state index is 13.1. The number of carbonyl (C=O) groups excluding carboxylic acids is 2. The lowest BCUT2D eigenvalue weighted by atomic mass is 9.93. The van der Waals surface area contributed by atoms with Gasteiger partial charge in [0.1, 0.15) is 0 Å². The topological polar surface area (TPSA) is 83.6 Å². The zero-order chi connectivity index (χ0) is 21.3. The van der Waals surface area contributed by atoms with Gasteiger partial charge in [0.2, 0.25) is 5.78 Å². The van der Waals surface area contributed by atoms with Crippen LogP contribution in [0, 0.1) is 0 Å². The lowest BCUT2D eigenvalue weighted by molar-refractivity contribution is -0.130. The Kier molecular flexibility index (Phi) is 5.23. The molecule has 30 heavy (non-hydrogen) atoms. The van der Waals surface area contributed by atoms with Crippen LogP contribution >= 0.6 is 0 Å². The van der Waals surface area contributed by atoms with E-state index < -0.39 is 23.5 Å². The summed E-state index contributed by atoms with van der Waals surface area (Å²) < 4.78 is 5.24. The second-order valence-electron chi connectivity index (χ2n) is 7.55. The molecule has 3 heterocycles. The maximum absolute atomic E-state index is 13.1. The number of benzene rings is 1. The molecule has 1 aliphatic heterocycles. The number of rotatable bonds is 6. The van der Waals surface area contributed by atoms with Crippen LogP contribution < -0.4 is 0 Å². The Hall–Kier alpha value is -3.67. The van der Waals surface area contributed by atoms with Gasteiger partial charge in [-0.05, 0) is 41.3 Å². The minimum absolute atomic E-state index is 0.0168. The number of amides is 1. The molecule has 1 unspecified atom stereocenters. The summed E-state index contributed by atoms with van der Waals surface area (Å²) >= 11 is 0. The fraction of sp³-hybridized carbons (Fsp3) is 0.208. The Bertz CT molecular complexity index is 1080. The van der Waals surface area contributed by atoms with Crippen molar-refractivity contribution in [2.45, 2.75) is 32.4 Å². The molecular formula is C24H22N2O4. The van der Waals surface area contributed by atoms with E-state index in [0.29, 0.717) is 11.6 Å². The minimum atomic E-state index is -0.738. The molecule has 2 aromatic heterocycles. The highest BCUT2D eigenvalue weighted by molar-refractivity contribution is 6.14. The molecule has 0 aliphatic carbocycles. The van der Waals surface area contributed by atoms with Gasteiger partial charge in [0.05, 0.1) is 30.1 Å². The second-order valence-corrected chi connectivity index (χ2v) is 7.55. The molecule has 3 aromatic rings. The number of carbonyl (C=O) groups is 2. The van der Waals surface area contributed by atoms with Crippen molar-refractivity contribution in [3.05, 3.63) is 101 Å². The van der Waals surface area contributed by atoms with Crippen molar-refractivity contribution in [3.63, 3.8) is 0 Å². The smallest absolute Gasteiger partial charge is 0.290 e. The Balaban J connectivity index is 1.78. The molecule has 0 radical (unpaired) electrons. The first-order valence-electron chi connectivity index (χ1n) is 9.79. The average molecular weight is 402 g/mol. The van der Waals surface area contributed by atoms with Crippen LogP contribution in [0.15, 0.2) is 82.8 Å². The summed E-state index contributed by atoms with van der Waals surface area (Å²) in [5, 5.41) is 10.7. The Morgan fingerprint density at radius 1 is 1.13 bits per heavy atom. The van der Waals surface area contributed by atoms with E-state index in [-0.39, 0.29) is 17.9 Å². The van der Waals surface area contributed by atoms with E-state index in [4.69, 9.17) is 4.42 Å². The predicted octanol–water partition coefficient (Wildman–Crippen LogP) is 4.58. The highest BCUT2D eigenvalue weighted by atomic mass is 16.3. The first kappa shape index (κ1) is 19.6. The van der Waals surface area contributed by atoms with Crippen molar-refractivity contribution in [2.75, 3.05) is 0 Å². The van der Waals surface area contributed by atoms with Crippen molar-refractivity contribution in [1.29, 1.82) is 0 Å². The second kappa shape index (κ2) is 7.99. The van der Waals surface area contributed by atoms with E-state index in [1.165, 1.54) is 17.2 Å². The Labute approximate surface area is 174 Å². The molecule has 1 atom stereocenters. The van der Waals surface area contributed by atoms with Crippen molar-refractivity contribution >= 4 is 11.7 Å². The van der Waals surface area contributed by atoms with E-state index in [2.05, 4.69) is 18.8 Å². The predicted molar refractivity (Wildman–Crippen MR) is 111 cm³/mol. The van der Waals surface area contributed by atoms with Gasteiger partial charge in [0, 0.05) is 6.20 Å². The largest absolute Gasteiger partial charge is 0.503 e. The van der Waals surface area contributed by atoms with Crippen LogP contribution in [0.1, 0.15) is 53.2 Å². The van der Waals surface area contributed by atoms with Gasteiger partial charge in [-0.1, -0.05) is 44.2 Å². The number of pyridine rings is 1. The third-order valence-corrected chi connectivity index (χ3v) is 5.27. The summed E-state index contributed by atoms with van der Waals surface area (Å²) in [6.45, 7) is 4.35. The van der Waals surface area contributed by atoms with Crippen molar-refractivity contribution in [2.24, 2.45) is 0 Å². The van der Waals surface area contributed by atoms with Crippen LogP contribution in [-0.4, -0.2) is 26.7 Å². The van der Waals surface area contributed by atoms with Gasteiger partial charge < -0.3 is 14.4 Å². The van der Waals surface area contributed by atoms with Crippen LogP contribution in [0.25, 0.3) is 0 Å². The molecule has 6 nitrogen and oxygen atoms in total. The van der Waals surface area contributed by atoms with Gasteiger partial charge in [-0.2, -0.15) is 0 Å². The molecule has 1 amide bonds. The third-order valence-electron chi connectivity index (χ3n) is 5.27. The number of hydrogen-bond acceptors (Lipinski definition) is 5. The molecule has 0 saturated carbocycles. The summed E-state index contributed by atoms with van der Waals surface area (Å²) in [7, 11) is 0. The Morgan fingerprint density at radius 2 is 1.90 bits per heavy atom. The van der Waals surface area contributed by atoms with Gasteiger partial charge in [0.25, 0.3) is 5.91 Å². The van der Waals surface area contributed by atoms with E-state index in [1.807, 2.05) is 30.3 Å². The van der Waals surface area contributed by atoms with E-state index in [1.54, 1.807) is 24.4 Å². The number of aliphatic hydroxyl groups excluding tert-OH is 1. The number of nitrogens with zero attached hydrogens (tertiary/aromatic N) is 2. The highest BCUT2D eigenvalue weighted by Crippen LogP contribution is 2.40. The molecule has 4 rings (SSSR count). The van der Waals surface area contributed by atoms with Gasteiger partial charge in [-0.3, -0.25) is 14.6 Å². The van der Waals surface area contributed by atoms with Crippen LogP contribution in [0.4, 0.5) is 0 Å². The first-order chi connectivity index (χ1) is 14.5. The lowest BCUT2D eigenvalue weighted by Gasteiger charge is -2.26. The van der Waals surface area contributed by atoms with Crippen LogP contribution in [0.5, 0.6) is 0 Å². The quantitative estimate of drug-likeness (QED) is 0.610. The average Bonchev–Trinajstić information content (AvgIpc) is 3.37. The molecule has 152 valence electrons. The molecule has 1 N–H and O–H groups in total. The SMILES string of the molecule is CC(C)c1ccc(C2C(C(=O)c3ccco3)=C(O)C(=O)N2Cc2ccccn2)cc1. The number of furan rings is 1. The third kappa shape index (κ3) is 3.52. The normalized spacial score (nSPS) is 16.6. The number of Topliss-reactive ketones (excluding diaryl/α,β-unsaturated/α-hetero) is 1. The van der Waals surface area contributed by atoms with Gasteiger partial charge in [0.15, 0.2) is 11.5 Å². The number of hydrogen-bond donors (Lipinski definition) is 1. The number of ketones is 1. The van der Waals surface area contributed by atoms with Gasteiger partial charge in [-0.25, -0.2) is 0 Å². The number of aliphatic hydroxyl groups is 1. The van der Waals surface area contributed by atoms with Gasteiger partial charge >= 0.3 is 0 Å². The standard InChI is InChI=1S/C24H22N2O4/c1-15(2)16-8-10-17(11-9-16)21-20(22(27)19-7-5-13-30-19)23(28)24(29)26(21)14-18-6-3-4-12-25-18/h3-13,15,21,28H,14H2,1-2H3. The maximum Gasteiger partial charge on any atom is 0.290 e. The molecule has 6 heteroatoms. The Morgan fingerprint density at radius 3 is 2.50 bits per heavy atom. The van der Waals surface area contributed by atoms with Crippen LogP contribution in [0.3, 0.4) is 0 Å². The fourth-order valence-corrected chi connectivity index (χ4v) is 3.67. The van der Waals surface area contributed by atoms with Crippen LogP contribution in [0.2, 0.25) is 0 Å². The number of aromatic nitrogens is 1. The minimum Gasteiger partial charge on any atom is -0.503 e. The molecule has 0 fully saturated rings. The lowest BCUT2D eigenvalue weighted by Crippen LogP contribution is -2.31. The van der Waals surface area contributed by atoms with Crippen molar-refractivity contribution < 1.29 is 19.1 Å². The van der Waals surface area contributed by atoms with Crippen molar-refractivity contribution in [3.8, 4) is 0 Å². The summed E-state index contributed by atoms with van der Waals surface area (Å²) in [5.41, 5.74) is 2.56. The first-order valence-corrected chi connectivity index (χ1v) is 9.79. The molecule has 0 spiro atoms. The van der Waals surface area contributed by atoms with E-state index >= 15 is 0 Å². The molecular weight excluding hydrogens is 380 g/mol. The fourth-order valence-electron chi connectivity index (χ4n) is 3.67. The summed E-state index contributed by atoms with van der Waals surface area (Å²) in [4.78, 5) is 31.8. The molecule has 1 aromatic carbocycles. The monoisotopic (exact) mass is 402 g/mol. The zero-order valence-corrected chi connectivity index (χ0v) is 16.8. The molecule has 0 bridgehead atoms. The molecule has 0 saturated heterocycles. The van der Waals surface area contributed by atoms with E-state index in [9.17, 15) is 14.7 Å². The van der Waals surface area contributed by atoms with Crippen LogP contribution in [-0.2, 0) is 11.3 Å². The zero-order valence-electron chi connectivity index (χ0n) is 16.8. The summed E-state index contributed by atoms with van der Waals surface area (Å²) in [5.74, 6) is -1.24.